The van der Waals surface area contributed by atoms with Crippen LogP contribution in [0.3, 0.4) is 0 Å². The van der Waals surface area contributed by atoms with Gasteiger partial charge in [-0.15, -0.1) is 11.8 Å². The van der Waals surface area contributed by atoms with Gasteiger partial charge in [0.2, 0.25) is 17.5 Å². The average molecular weight is 439 g/mol. The smallest absolute Gasteiger partial charge is 0.266 e. The van der Waals surface area contributed by atoms with Crippen LogP contribution >= 0.6 is 11.8 Å². The lowest BCUT2D eigenvalue weighted by molar-refractivity contribution is -0.128. The van der Waals surface area contributed by atoms with Gasteiger partial charge in [0.15, 0.2) is 5.76 Å². The molecule has 1 aromatic carbocycles. The minimum absolute atomic E-state index is 0.113. The van der Waals surface area contributed by atoms with Crippen molar-refractivity contribution in [2.24, 2.45) is 0 Å². The highest BCUT2D eigenvalue weighted by Gasteiger charge is 2.27. The molecular formula is C22H22N4O4S. The molecule has 31 heavy (non-hydrogen) atoms. The highest BCUT2D eigenvalue weighted by Crippen LogP contribution is 2.29. The second-order valence-electron chi connectivity index (χ2n) is 6.97. The van der Waals surface area contributed by atoms with E-state index in [4.69, 9.17) is 13.6 Å². The predicted molar refractivity (Wildman–Crippen MR) is 117 cm³/mol. The van der Waals surface area contributed by atoms with E-state index in [0.29, 0.717) is 43.6 Å². The fraction of sp³-hybridized carbons (Fsp3) is 0.318. The van der Waals surface area contributed by atoms with Gasteiger partial charge in [0.1, 0.15) is 11.8 Å². The molecule has 1 saturated heterocycles. The molecule has 3 heterocycles. The van der Waals surface area contributed by atoms with Crippen molar-refractivity contribution in [3.63, 3.8) is 0 Å². The number of carbonyl (C=O) groups excluding carboxylic acids is 1. The molecule has 0 radical (unpaired) electrons. The Morgan fingerprint density at radius 3 is 2.81 bits per heavy atom. The van der Waals surface area contributed by atoms with Crippen LogP contribution in [0.2, 0.25) is 0 Å². The van der Waals surface area contributed by atoms with Crippen molar-refractivity contribution in [2.75, 3.05) is 43.9 Å². The number of hydrogen-bond donors (Lipinski definition) is 0. The van der Waals surface area contributed by atoms with Crippen molar-refractivity contribution in [1.29, 1.82) is 5.26 Å². The largest absolute Gasteiger partial charge is 0.497 e. The third-order valence-corrected chi connectivity index (χ3v) is 5.98. The van der Waals surface area contributed by atoms with E-state index >= 15 is 0 Å². The molecule has 8 nitrogen and oxygen atoms in total. The lowest BCUT2D eigenvalue weighted by atomic mass is 10.2. The van der Waals surface area contributed by atoms with Gasteiger partial charge >= 0.3 is 0 Å². The molecule has 3 aromatic rings. The number of ether oxygens (including phenoxy) is 1. The van der Waals surface area contributed by atoms with Crippen molar-refractivity contribution >= 4 is 23.6 Å². The zero-order valence-corrected chi connectivity index (χ0v) is 17.9. The Balaban J connectivity index is 1.29. The Morgan fingerprint density at radius 1 is 1.26 bits per heavy atom. The number of benzene rings is 1. The summed E-state index contributed by atoms with van der Waals surface area (Å²) < 4.78 is 16.3. The molecule has 0 saturated carbocycles. The van der Waals surface area contributed by atoms with E-state index in [1.54, 1.807) is 31.0 Å². The second kappa shape index (κ2) is 9.62. The topological polar surface area (TPSA) is 95.7 Å². The monoisotopic (exact) mass is 438 g/mol. The Bertz CT molecular complexity index is 1070. The molecule has 0 atom stereocenters. The van der Waals surface area contributed by atoms with E-state index in [0.717, 1.165) is 17.1 Å². The van der Waals surface area contributed by atoms with E-state index in [1.807, 2.05) is 34.1 Å². The van der Waals surface area contributed by atoms with Gasteiger partial charge in [-0.3, -0.25) is 4.79 Å². The number of hydrogen-bond acceptors (Lipinski definition) is 8. The lowest BCUT2D eigenvalue weighted by Crippen LogP contribution is -2.49. The van der Waals surface area contributed by atoms with Crippen LogP contribution in [0.25, 0.3) is 11.7 Å². The Labute approximate surface area is 184 Å². The van der Waals surface area contributed by atoms with Crippen LogP contribution in [0.5, 0.6) is 5.75 Å². The molecular weight excluding hydrogens is 416 g/mol. The SMILES string of the molecule is COc1cccc(CSCC(=O)N2CCN(c3oc(-c4ccco4)nc3C#N)CC2)c1. The number of nitriles is 1. The van der Waals surface area contributed by atoms with Gasteiger partial charge in [0.25, 0.3) is 5.89 Å². The summed E-state index contributed by atoms with van der Waals surface area (Å²) in [5, 5.41) is 9.42. The predicted octanol–water partition coefficient (Wildman–Crippen LogP) is 3.40. The molecule has 1 amide bonds. The Kier molecular flexibility index (Phi) is 6.48. The van der Waals surface area contributed by atoms with Gasteiger partial charge < -0.3 is 23.4 Å². The summed E-state index contributed by atoms with van der Waals surface area (Å²) in [6, 6.07) is 13.4. The van der Waals surface area contributed by atoms with Gasteiger partial charge in [0.05, 0.1) is 19.1 Å². The molecule has 2 aromatic heterocycles. The highest BCUT2D eigenvalue weighted by molar-refractivity contribution is 7.99. The van der Waals surface area contributed by atoms with Gasteiger partial charge in [0, 0.05) is 31.9 Å². The van der Waals surface area contributed by atoms with E-state index in [2.05, 4.69) is 11.1 Å². The van der Waals surface area contributed by atoms with E-state index in [-0.39, 0.29) is 17.5 Å². The van der Waals surface area contributed by atoms with Crippen LogP contribution in [0, 0.1) is 11.3 Å². The molecule has 4 rings (SSSR count). The maximum atomic E-state index is 12.6. The number of carbonyl (C=O) groups is 1. The minimum Gasteiger partial charge on any atom is -0.497 e. The first-order valence-electron chi connectivity index (χ1n) is 9.86. The third-order valence-electron chi connectivity index (χ3n) is 5.00. The zero-order valence-electron chi connectivity index (χ0n) is 17.1. The molecule has 0 aliphatic carbocycles. The molecule has 0 N–H and O–H groups in total. The Morgan fingerprint density at radius 2 is 2.10 bits per heavy atom. The first-order valence-corrected chi connectivity index (χ1v) is 11.0. The summed E-state index contributed by atoms with van der Waals surface area (Å²) in [5.41, 5.74) is 1.35. The van der Waals surface area contributed by atoms with E-state index in [9.17, 15) is 10.1 Å². The van der Waals surface area contributed by atoms with Crippen LogP contribution in [-0.4, -0.2) is 54.8 Å². The quantitative estimate of drug-likeness (QED) is 0.554. The number of methoxy groups -OCH3 is 1. The molecule has 1 aliphatic heterocycles. The van der Waals surface area contributed by atoms with Crippen LogP contribution < -0.4 is 9.64 Å². The highest BCUT2D eigenvalue weighted by atomic mass is 32.2. The number of furan rings is 1. The number of anilines is 1. The molecule has 0 unspecified atom stereocenters. The number of aromatic nitrogens is 1. The summed E-state index contributed by atoms with van der Waals surface area (Å²) in [6.45, 7) is 2.29. The summed E-state index contributed by atoms with van der Waals surface area (Å²) in [4.78, 5) is 20.6. The molecule has 0 spiro atoms. The minimum atomic E-state index is 0.113. The lowest BCUT2D eigenvalue weighted by Gasteiger charge is -2.34. The van der Waals surface area contributed by atoms with Crippen molar-refractivity contribution < 1.29 is 18.4 Å². The van der Waals surface area contributed by atoms with Gasteiger partial charge in [-0.05, 0) is 29.8 Å². The maximum Gasteiger partial charge on any atom is 0.266 e. The average Bonchev–Trinajstić information content (AvgIpc) is 3.49. The first-order chi connectivity index (χ1) is 15.2. The fourth-order valence-corrected chi connectivity index (χ4v) is 4.25. The van der Waals surface area contributed by atoms with Crippen molar-refractivity contribution in [2.45, 2.75) is 5.75 Å². The van der Waals surface area contributed by atoms with Gasteiger partial charge in [-0.1, -0.05) is 12.1 Å². The number of oxazole rings is 1. The zero-order chi connectivity index (χ0) is 21.6. The maximum absolute atomic E-state index is 12.6. The molecule has 160 valence electrons. The summed E-state index contributed by atoms with van der Waals surface area (Å²) in [5.74, 6) is 3.29. The van der Waals surface area contributed by atoms with Crippen LogP contribution in [0.15, 0.2) is 51.5 Å². The third kappa shape index (κ3) is 4.86. The summed E-state index contributed by atoms with van der Waals surface area (Å²) in [6.07, 6.45) is 1.53. The van der Waals surface area contributed by atoms with Crippen molar-refractivity contribution in [1.82, 2.24) is 9.88 Å². The molecule has 9 heteroatoms. The van der Waals surface area contributed by atoms with Crippen molar-refractivity contribution in [3.8, 4) is 23.5 Å². The molecule has 1 fully saturated rings. The van der Waals surface area contributed by atoms with Crippen LogP contribution in [0.1, 0.15) is 11.3 Å². The standard InChI is InChI=1S/C22H22N4O4S/c1-28-17-5-2-4-16(12-17)14-31-15-20(27)25-7-9-26(10-8-25)22-18(13-23)24-21(30-22)19-6-3-11-29-19/h2-6,11-12H,7-10,14-15H2,1H3. The number of rotatable bonds is 7. The normalized spacial score (nSPS) is 13.8. The summed E-state index contributed by atoms with van der Waals surface area (Å²) in [7, 11) is 1.64. The number of nitrogens with zero attached hydrogens (tertiary/aromatic N) is 4. The number of amides is 1. The van der Waals surface area contributed by atoms with Gasteiger partial charge in [-0.25, -0.2) is 0 Å². The van der Waals surface area contributed by atoms with Crippen molar-refractivity contribution in [3.05, 3.63) is 53.9 Å². The summed E-state index contributed by atoms with van der Waals surface area (Å²) >= 11 is 1.59. The van der Waals surface area contributed by atoms with E-state index in [1.165, 1.54) is 6.26 Å². The number of thioether (sulfide) groups is 1. The Hall–Kier alpha value is -3.38. The second-order valence-corrected chi connectivity index (χ2v) is 7.96. The first kappa shape index (κ1) is 20.9. The van der Waals surface area contributed by atoms with Crippen LogP contribution in [-0.2, 0) is 10.5 Å². The molecule has 1 aliphatic rings. The van der Waals surface area contributed by atoms with Crippen LogP contribution in [0.4, 0.5) is 5.88 Å². The number of piperazine rings is 1. The molecule has 0 bridgehead atoms. The van der Waals surface area contributed by atoms with E-state index < -0.39 is 0 Å². The fourth-order valence-electron chi connectivity index (χ4n) is 3.37. The van der Waals surface area contributed by atoms with Gasteiger partial charge in [-0.2, -0.15) is 10.2 Å².